The van der Waals surface area contributed by atoms with Gasteiger partial charge in [0.15, 0.2) is 5.69 Å². The Hall–Kier alpha value is -0.840. The number of alkyl halides is 1. The Morgan fingerprint density at radius 2 is 2.44 bits per heavy atom. The van der Waals surface area contributed by atoms with Crippen molar-refractivity contribution in [2.75, 3.05) is 11.9 Å². The van der Waals surface area contributed by atoms with Crippen LogP contribution in [0.15, 0.2) is 10.6 Å². The molecule has 0 aliphatic carbocycles. The van der Waals surface area contributed by atoms with Crippen LogP contribution >= 0.6 is 15.9 Å². The second kappa shape index (κ2) is 6.68. The molecule has 0 bridgehead atoms. The van der Waals surface area contributed by atoms with Crippen LogP contribution in [0, 0.1) is 12.8 Å². The van der Waals surface area contributed by atoms with Crippen LogP contribution < -0.4 is 5.32 Å². The van der Waals surface area contributed by atoms with Gasteiger partial charge in [-0.15, -0.1) is 0 Å². The monoisotopic (exact) mass is 288 g/mol. The molecule has 4 nitrogen and oxygen atoms in total. The zero-order valence-electron chi connectivity index (χ0n) is 9.62. The summed E-state index contributed by atoms with van der Waals surface area (Å²) >= 11 is 3.43. The summed E-state index contributed by atoms with van der Waals surface area (Å²) in [5.41, 5.74) is 0.353. The van der Waals surface area contributed by atoms with E-state index in [0.717, 1.165) is 18.2 Å². The van der Waals surface area contributed by atoms with Crippen LogP contribution in [0.25, 0.3) is 0 Å². The minimum Gasteiger partial charge on any atom is -0.361 e. The van der Waals surface area contributed by atoms with Crippen molar-refractivity contribution in [2.45, 2.75) is 26.7 Å². The Morgan fingerprint density at radius 1 is 1.69 bits per heavy atom. The van der Waals surface area contributed by atoms with E-state index in [-0.39, 0.29) is 5.91 Å². The maximum atomic E-state index is 11.5. The predicted molar refractivity (Wildman–Crippen MR) is 65.8 cm³/mol. The first-order valence-corrected chi connectivity index (χ1v) is 6.53. The molecule has 1 aromatic heterocycles. The number of aromatic nitrogens is 1. The van der Waals surface area contributed by atoms with Crippen LogP contribution in [-0.2, 0) is 0 Å². The molecule has 0 spiro atoms. The molecule has 0 saturated heterocycles. The normalized spacial score (nSPS) is 12.4. The van der Waals surface area contributed by atoms with Crippen LogP contribution in [0.2, 0.25) is 0 Å². The van der Waals surface area contributed by atoms with Gasteiger partial charge in [0.05, 0.1) is 0 Å². The van der Waals surface area contributed by atoms with Gasteiger partial charge in [-0.1, -0.05) is 28.0 Å². The molecule has 1 N–H and O–H groups in total. The van der Waals surface area contributed by atoms with E-state index in [1.54, 1.807) is 13.0 Å². The number of carbonyl (C=O) groups excluding carboxylic acids is 1. The summed E-state index contributed by atoms with van der Waals surface area (Å²) in [5.74, 6) is 1.13. The number of hydrogen-bond acceptors (Lipinski definition) is 3. The third-order valence-corrected chi connectivity index (χ3v) is 3.39. The van der Waals surface area contributed by atoms with Crippen LogP contribution in [0.5, 0.6) is 0 Å². The van der Waals surface area contributed by atoms with E-state index in [1.165, 1.54) is 0 Å². The Balaban J connectivity index is 2.21. The maximum absolute atomic E-state index is 11.5. The lowest BCUT2D eigenvalue weighted by Gasteiger charge is -2.07. The molecule has 1 atom stereocenters. The van der Waals surface area contributed by atoms with Gasteiger partial charge >= 0.3 is 0 Å². The minimum atomic E-state index is -0.164. The molecule has 0 saturated carbocycles. The summed E-state index contributed by atoms with van der Waals surface area (Å²) in [6.45, 7) is 4.63. The molecule has 1 aromatic rings. The molecule has 1 rings (SSSR count). The first-order chi connectivity index (χ1) is 7.63. The van der Waals surface area contributed by atoms with Crippen LogP contribution in [0.1, 0.15) is 36.0 Å². The lowest BCUT2D eigenvalue weighted by atomic mass is 10.1. The number of amides is 1. The van der Waals surface area contributed by atoms with Crippen molar-refractivity contribution in [3.63, 3.8) is 0 Å². The summed E-state index contributed by atoms with van der Waals surface area (Å²) in [7, 11) is 0. The van der Waals surface area contributed by atoms with E-state index in [1.807, 2.05) is 0 Å². The maximum Gasteiger partial charge on any atom is 0.273 e. The first-order valence-electron chi connectivity index (χ1n) is 5.41. The number of hydrogen-bond donors (Lipinski definition) is 1. The van der Waals surface area contributed by atoms with Gasteiger partial charge < -0.3 is 9.84 Å². The average Bonchev–Trinajstić information content (AvgIpc) is 2.70. The fraction of sp³-hybridized carbons (Fsp3) is 0.636. The quantitative estimate of drug-likeness (QED) is 0.646. The molecule has 0 fully saturated rings. The highest BCUT2D eigenvalue weighted by molar-refractivity contribution is 9.09. The van der Waals surface area contributed by atoms with E-state index in [0.29, 0.717) is 23.9 Å². The third-order valence-electron chi connectivity index (χ3n) is 2.28. The molecule has 0 aromatic carbocycles. The van der Waals surface area contributed by atoms with Gasteiger partial charge in [-0.05, 0) is 25.7 Å². The lowest BCUT2D eigenvalue weighted by molar-refractivity contribution is 0.0943. The largest absolute Gasteiger partial charge is 0.361 e. The van der Waals surface area contributed by atoms with Crippen molar-refractivity contribution >= 4 is 21.8 Å². The molecule has 1 unspecified atom stereocenters. The average molecular weight is 289 g/mol. The molecule has 0 aliphatic heterocycles. The number of rotatable bonds is 6. The summed E-state index contributed by atoms with van der Waals surface area (Å²) in [4.78, 5) is 11.5. The van der Waals surface area contributed by atoms with Crippen molar-refractivity contribution in [3.05, 3.63) is 17.5 Å². The van der Waals surface area contributed by atoms with Crippen molar-refractivity contribution in [1.29, 1.82) is 0 Å². The van der Waals surface area contributed by atoms with E-state index >= 15 is 0 Å². The van der Waals surface area contributed by atoms with Crippen molar-refractivity contribution in [2.24, 2.45) is 5.92 Å². The molecule has 16 heavy (non-hydrogen) atoms. The van der Waals surface area contributed by atoms with Gasteiger partial charge in [0, 0.05) is 17.9 Å². The second-order valence-electron chi connectivity index (χ2n) is 3.98. The van der Waals surface area contributed by atoms with Gasteiger partial charge in [-0.25, -0.2) is 0 Å². The minimum absolute atomic E-state index is 0.164. The predicted octanol–water partition coefficient (Wildman–Crippen LogP) is 2.52. The topological polar surface area (TPSA) is 55.1 Å². The van der Waals surface area contributed by atoms with Gasteiger partial charge in [-0.3, -0.25) is 4.79 Å². The highest BCUT2D eigenvalue weighted by Crippen LogP contribution is 2.07. The fourth-order valence-corrected chi connectivity index (χ4v) is 1.62. The molecule has 0 radical (unpaired) electrons. The van der Waals surface area contributed by atoms with Crippen molar-refractivity contribution in [3.8, 4) is 0 Å². The highest BCUT2D eigenvalue weighted by Gasteiger charge is 2.09. The Labute approximate surface area is 104 Å². The number of aryl methyl sites for hydroxylation is 1. The lowest BCUT2D eigenvalue weighted by Crippen LogP contribution is -2.25. The van der Waals surface area contributed by atoms with E-state index in [2.05, 4.69) is 33.3 Å². The second-order valence-corrected chi connectivity index (χ2v) is 4.63. The first kappa shape index (κ1) is 13.2. The Bertz CT molecular complexity index is 338. The van der Waals surface area contributed by atoms with Gasteiger partial charge in [0.2, 0.25) is 0 Å². The Morgan fingerprint density at radius 3 is 3.00 bits per heavy atom. The SMILES string of the molecule is Cc1cc(C(=O)NCCCC(C)CBr)no1. The summed E-state index contributed by atoms with van der Waals surface area (Å²) in [5, 5.41) is 7.47. The van der Waals surface area contributed by atoms with Crippen LogP contribution in [-0.4, -0.2) is 22.9 Å². The molecule has 1 amide bonds. The zero-order chi connectivity index (χ0) is 12.0. The van der Waals surface area contributed by atoms with E-state index < -0.39 is 0 Å². The van der Waals surface area contributed by atoms with Gasteiger partial charge in [0.1, 0.15) is 5.76 Å². The fourth-order valence-electron chi connectivity index (χ4n) is 1.29. The summed E-state index contributed by atoms with van der Waals surface area (Å²) in [6, 6.07) is 1.64. The number of nitrogens with zero attached hydrogens (tertiary/aromatic N) is 1. The molecule has 0 aliphatic rings. The molecule has 5 heteroatoms. The summed E-state index contributed by atoms with van der Waals surface area (Å²) in [6.07, 6.45) is 2.08. The van der Waals surface area contributed by atoms with Crippen molar-refractivity contribution < 1.29 is 9.32 Å². The van der Waals surface area contributed by atoms with E-state index in [9.17, 15) is 4.79 Å². The number of halogens is 1. The van der Waals surface area contributed by atoms with Gasteiger partial charge in [0.25, 0.3) is 5.91 Å². The van der Waals surface area contributed by atoms with Gasteiger partial charge in [-0.2, -0.15) is 0 Å². The standard InChI is InChI=1S/C11H17BrN2O2/c1-8(7-12)4-3-5-13-11(15)10-6-9(2)16-14-10/h6,8H,3-5,7H2,1-2H3,(H,13,15). The third kappa shape index (κ3) is 4.35. The smallest absolute Gasteiger partial charge is 0.273 e. The molecule has 90 valence electrons. The van der Waals surface area contributed by atoms with Crippen LogP contribution in [0.4, 0.5) is 0 Å². The molecular weight excluding hydrogens is 272 g/mol. The van der Waals surface area contributed by atoms with Crippen molar-refractivity contribution in [1.82, 2.24) is 10.5 Å². The number of nitrogens with one attached hydrogen (secondary N) is 1. The molecule has 1 heterocycles. The number of carbonyl (C=O) groups is 1. The molecular formula is C11H17BrN2O2. The highest BCUT2D eigenvalue weighted by atomic mass is 79.9. The zero-order valence-corrected chi connectivity index (χ0v) is 11.2. The summed E-state index contributed by atoms with van der Waals surface area (Å²) < 4.78 is 4.83. The van der Waals surface area contributed by atoms with Crippen LogP contribution in [0.3, 0.4) is 0 Å². The Kier molecular flexibility index (Phi) is 5.52. The van der Waals surface area contributed by atoms with E-state index in [4.69, 9.17) is 4.52 Å².